The minimum Gasteiger partial charge on any atom is -0.480 e. The standard InChI is InChI=1S/C21H23N5O4/c22-19(25-26-23)11-5-10-18(20(27)28)24-21(29)30-12-17-15-8-3-1-6-13(15)14-7-2-4-9-16(14)17/h1-4,6-9,17-19H,5,10-12,22H2,(H,24,29)(H,27,28)/t18-,19?/m0/s1. The Bertz CT molecular complexity index is 928. The lowest BCUT2D eigenvalue weighted by atomic mass is 9.98. The van der Waals surface area contributed by atoms with Crippen molar-refractivity contribution in [2.45, 2.75) is 37.4 Å². The molecule has 2 aromatic carbocycles. The molecule has 1 aliphatic carbocycles. The molecule has 1 aliphatic rings. The fourth-order valence-electron chi connectivity index (χ4n) is 3.69. The maximum atomic E-state index is 12.3. The first-order valence-corrected chi connectivity index (χ1v) is 9.65. The summed E-state index contributed by atoms with van der Waals surface area (Å²) < 4.78 is 5.38. The first-order valence-electron chi connectivity index (χ1n) is 9.65. The number of carboxylic acid groups (broad SMARTS) is 1. The van der Waals surface area contributed by atoms with Gasteiger partial charge in [-0.15, -0.1) is 0 Å². The normalized spacial score (nSPS) is 14.0. The van der Waals surface area contributed by atoms with E-state index in [4.69, 9.17) is 16.0 Å². The van der Waals surface area contributed by atoms with Gasteiger partial charge in [-0.2, -0.15) is 0 Å². The molecule has 0 saturated heterocycles. The van der Waals surface area contributed by atoms with Gasteiger partial charge in [0.25, 0.3) is 0 Å². The maximum absolute atomic E-state index is 12.3. The van der Waals surface area contributed by atoms with Crippen molar-refractivity contribution in [3.8, 4) is 11.1 Å². The van der Waals surface area contributed by atoms with Crippen LogP contribution in [0.1, 0.15) is 36.3 Å². The molecule has 0 spiro atoms. The topological polar surface area (TPSA) is 150 Å². The van der Waals surface area contributed by atoms with Crippen LogP contribution in [0.5, 0.6) is 0 Å². The molecule has 0 heterocycles. The summed E-state index contributed by atoms with van der Waals surface area (Å²) in [4.78, 5) is 26.3. The highest BCUT2D eigenvalue weighted by molar-refractivity contribution is 5.81. The maximum Gasteiger partial charge on any atom is 0.407 e. The largest absolute Gasteiger partial charge is 0.480 e. The zero-order valence-corrected chi connectivity index (χ0v) is 16.3. The van der Waals surface area contributed by atoms with Crippen molar-refractivity contribution >= 4 is 12.1 Å². The third kappa shape index (κ3) is 4.89. The Balaban J connectivity index is 1.58. The zero-order chi connectivity index (χ0) is 21.5. The molecule has 9 nitrogen and oxygen atoms in total. The number of nitrogens with two attached hydrogens (primary N) is 1. The Hall–Kier alpha value is -3.55. The molecule has 9 heteroatoms. The zero-order valence-electron chi connectivity index (χ0n) is 16.3. The highest BCUT2D eigenvalue weighted by Gasteiger charge is 2.29. The average molecular weight is 409 g/mol. The molecular weight excluding hydrogens is 386 g/mol. The predicted molar refractivity (Wildman–Crippen MR) is 111 cm³/mol. The minimum absolute atomic E-state index is 0.103. The van der Waals surface area contributed by atoms with Gasteiger partial charge in [0.1, 0.15) is 12.6 Å². The number of nitrogens with one attached hydrogen (secondary N) is 1. The first kappa shape index (κ1) is 21.2. The molecular formula is C21H23N5O4. The van der Waals surface area contributed by atoms with Crippen LogP contribution in [0.25, 0.3) is 21.6 Å². The number of rotatable bonds is 9. The lowest BCUT2D eigenvalue weighted by molar-refractivity contribution is -0.139. The van der Waals surface area contributed by atoms with E-state index in [0.717, 1.165) is 22.3 Å². The number of hydrogen-bond acceptors (Lipinski definition) is 5. The molecule has 0 fully saturated rings. The van der Waals surface area contributed by atoms with Gasteiger partial charge in [-0.25, -0.2) is 9.59 Å². The van der Waals surface area contributed by atoms with E-state index in [2.05, 4.69) is 15.3 Å². The number of ether oxygens (including phenoxy) is 1. The average Bonchev–Trinajstić information content (AvgIpc) is 3.05. The second-order valence-electron chi connectivity index (χ2n) is 7.06. The van der Waals surface area contributed by atoms with E-state index in [1.165, 1.54) is 0 Å². The van der Waals surface area contributed by atoms with Gasteiger partial charge in [0.2, 0.25) is 0 Å². The van der Waals surface area contributed by atoms with Crippen molar-refractivity contribution in [3.63, 3.8) is 0 Å². The fraction of sp³-hybridized carbons (Fsp3) is 0.333. The van der Waals surface area contributed by atoms with E-state index in [9.17, 15) is 14.7 Å². The number of carbonyl (C=O) groups excluding carboxylic acids is 1. The van der Waals surface area contributed by atoms with Crippen LogP contribution >= 0.6 is 0 Å². The lowest BCUT2D eigenvalue weighted by Crippen LogP contribution is -2.41. The summed E-state index contributed by atoms with van der Waals surface area (Å²) in [6.07, 6.45) is -0.669. The van der Waals surface area contributed by atoms with E-state index < -0.39 is 24.3 Å². The quantitative estimate of drug-likeness (QED) is 0.327. The summed E-state index contributed by atoms with van der Waals surface area (Å²) in [6.45, 7) is 0.105. The molecule has 0 saturated carbocycles. The van der Waals surface area contributed by atoms with Gasteiger partial charge in [-0.05, 0) is 47.0 Å². The van der Waals surface area contributed by atoms with Crippen molar-refractivity contribution in [2.75, 3.05) is 6.61 Å². The van der Waals surface area contributed by atoms with Crippen molar-refractivity contribution in [3.05, 3.63) is 70.1 Å². The van der Waals surface area contributed by atoms with Gasteiger partial charge in [0, 0.05) is 10.8 Å². The Labute approximate surface area is 173 Å². The lowest BCUT2D eigenvalue weighted by Gasteiger charge is -2.17. The monoisotopic (exact) mass is 409 g/mol. The molecule has 30 heavy (non-hydrogen) atoms. The molecule has 3 rings (SSSR count). The number of carbonyl (C=O) groups is 2. The van der Waals surface area contributed by atoms with E-state index in [0.29, 0.717) is 12.8 Å². The van der Waals surface area contributed by atoms with Crippen LogP contribution in [-0.4, -0.2) is 36.0 Å². The number of alkyl carbamates (subject to hydrolysis) is 1. The Kier molecular flexibility index (Phi) is 6.90. The Morgan fingerprint density at radius 1 is 1.13 bits per heavy atom. The number of aliphatic carboxylic acids is 1. The Morgan fingerprint density at radius 3 is 2.30 bits per heavy atom. The van der Waals surface area contributed by atoms with Crippen LogP contribution in [0.2, 0.25) is 0 Å². The third-order valence-corrected chi connectivity index (χ3v) is 5.13. The molecule has 0 bridgehead atoms. The van der Waals surface area contributed by atoms with Gasteiger partial charge in [-0.1, -0.05) is 53.6 Å². The van der Waals surface area contributed by atoms with E-state index in [1.807, 2.05) is 48.5 Å². The van der Waals surface area contributed by atoms with Crippen LogP contribution in [0.15, 0.2) is 53.6 Å². The molecule has 156 valence electrons. The SMILES string of the molecule is [N-]=[N+]=NC(N)CCC[C@H](NC(=O)OCC1c2ccccc2-c2ccccc21)C(=O)O. The molecule has 1 amide bonds. The molecule has 1 unspecified atom stereocenters. The third-order valence-electron chi connectivity index (χ3n) is 5.13. The second kappa shape index (κ2) is 9.78. The van der Waals surface area contributed by atoms with Crippen molar-refractivity contribution in [2.24, 2.45) is 10.8 Å². The van der Waals surface area contributed by atoms with Crippen LogP contribution in [0.4, 0.5) is 4.79 Å². The van der Waals surface area contributed by atoms with E-state index >= 15 is 0 Å². The molecule has 0 aromatic heterocycles. The Morgan fingerprint density at radius 2 is 1.73 bits per heavy atom. The minimum atomic E-state index is -1.17. The van der Waals surface area contributed by atoms with Crippen molar-refractivity contribution in [1.29, 1.82) is 0 Å². The van der Waals surface area contributed by atoms with Crippen LogP contribution in [0.3, 0.4) is 0 Å². The van der Waals surface area contributed by atoms with Crippen LogP contribution < -0.4 is 11.1 Å². The summed E-state index contributed by atoms with van der Waals surface area (Å²) in [6, 6.07) is 14.8. The number of nitrogens with zero attached hydrogens (tertiary/aromatic N) is 3. The molecule has 2 aromatic rings. The van der Waals surface area contributed by atoms with Gasteiger partial charge in [-0.3, -0.25) is 0 Å². The number of carboxylic acids is 1. The van der Waals surface area contributed by atoms with Crippen LogP contribution in [0, 0.1) is 0 Å². The summed E-state index contributed by atoms with van der Waals surface area (Å²) >= 11 is 0. The smallest absolute Gasteiger partial charge is 0.407 e. The number of benzene rings is 2. The summed E-state index contributed by atoms with van der Waals surface area (Å²) in [5.41, 5.74) is 18.3. The van der Waals surface area contributed by atoms with Gasteiger partial charge in [0.15, 0.2) is 0 Å². The highest BCUT2D eigenvalue weighted by Crippen LogP contribution is 2.44. The number of fused-ring (bicyclic) bond motifs is 3. The molecule has 0 aliphatic heterocycles. The number of amides is 1. The van der Waals surface area contributed by atoms with E-state index in [-0.39, 0.29) is 18.9 Å². The second-order valence-corrected chi connectivity index (χ2v) is 7.06. The summed E-state index contributed by atoms with van der Waals surface area (Å²) in [5.74, 6) is -1.27. The van der Waals surface area contributed by atoms with Gasteiger partial charge >= 0.3 is 12.1 Å². The number of azide groups is 1. The van der Waals surface area contributed by atoms with E-state index in [1.54, 1.807) is 0 Å². The summed E-state index contributed by atoms with van der Waals surface area (Å²) in [5, 5.41) is 15.1. The van der Waals surface area contributed by atoms with Crippen LogP contribution in [-0.2, 0) is 9.53 Å². The molecule has 2 atom stereocenters. The number of hydrogen-bond donors (Lipinski definition) is 3. The van der Waals surface area contributed by atoms with Crippen molar-refractivity contribution < 1.29 is 19.4 Å². The first-order chi connectivity index (χ1) is 14.5. The highest BCUT2D eigenvalue weighted by atomic mass is 16.5. The molecule has 0 radical (unpaired) electrons. The van der Waals surface area contributed by atoms with Gasteiger partial charge in [0.05, 0.1) is 6.17 Å². The fourth-order valence-corrected chi connectivity index (χ4v) is 3.69. The van der Waals surface area contributed by atoms with Crippen molar-refractivity contribution in [1.82, 2.24) is 5.32 Å². The predicted octanol–water partition coefficient (Wildman–Crippen LogP) is 3.74. The van der Waals surface area contributed by atoms with Gasteiger partial charge < -0.3 is 20.9 Å². The molecule has 4 N–H and O–H groups in total. The summed E-state index contributed by atoms with van der Waals surface area (Å²) in [7, 11) is 0.